The van der Waals surface area contributed by atoms with E-state index < -0.39 is 9.84 Å². The highest BCUT2D eigenvalue weighted by molar-refractivity contribution is 8.00. The zero-order valence-corrected chi connectivity index (χ0v) is 17.9. The molecule has 3 heterocycles. The Balaban J connectivity index is 1.65. The molecule has 0 N–H and O–H groups in total. The number of pyridine rings is 1. The van der Waals surface area contributed by atoms with Crippen LogP contribution in [-0.2, 0) is 9.84 Å². The number of sulfone groups is 1. The van der Waals surface area contributed by atoms with Crippen molar-refractivity contribution in [2.24, 2.45) is 0 Å². The summed E-state index contributed by atoms with van der Waals surface area (Å²) in [7, 11) is -3.67. The first-order chi connectivity index (χ1) is 15.5. The van der Waals surface area contributed by atoms with Crippen molar-refractivity contribution in [2.45, 2.75) is 0 Å². The molecular formula is C25H17N3O3S. The van der Waals surface area contributed by atoms with Crippen molar-refractivity contribution < 1.29 is 12.8 Å². The van der Waals surface area contributed by atoms with Gasteiger partial charge in [0.2, 0.25) is 5.89 Å². The molecular weight excluding hydrogens is 422 g/mol. The van der Waals surface area contributed by atoms with Crippen LogP contribution in [0, 0.1) is 0 Å². The Morgan fingerprint density at radius 2 is 1.50 bits per heavy atom. The van der Waals surface area contributed by atoms with Gasteiger partial charge in [0.05, 0.1) is 16.6 Å². The highest BCUT2D eigenvalue weighted by atomic mass is 32.2. The Morgan fingerprint density at radius 1 is 0.875 bits per heavy atom. The molecule has 0 aliphatic rings. The van der Waals surface area contributed by atoms with Crippen LogP contribution in [0.15, 0.2) is 83.3 Å². The molecule has 32 heavy (non-hydrogen) atoms. The fourth-order valence-electron chi connectivity index (χ4n) is 4.09. The van der Waals surface area contributed by atoms with Crippen LogP contribution >= 0.6 is 0 Å². The number of para-hydroxylation sites is 3. The van der Waals surface area contributed by atoms with Crippen LogP contribution in [0.25, 0.3) is 55.0 Å². The lowest BCUT2D eigenvalue weighted by Gasteiger charge is -2.05. The molecule has 7 heteroatoms. The summed E-state index contributed by atoms with van der Waals surface area (Å²) in [5.41, 5.74) is 3.38. The van der Waals surface area contributed by atoms with E-state index in [2.05, 4.69) is 9.97 Å². The molecule has 6 nitrogen and oxygen atoms in total. The van der Waals surface area contributed by atoms with E-state index in [1.165, 1.54) is 0 Å². The summed E-state index contributed by atoms with van der Waals surface area (Å²) in [6.45, 7) is 0. The summed E-state index contributed by atoms with van der Waals surface area (Å²) in [5, 5.41) is 2.98. The summed E-state index contributed by atoms with van der Waals surface area (Å²) in [6, 6.07) is 25.2. The van der Waals surface area contributed by atoms with E-state index in [9.17, 15) is 8.42 Å². The lowest BCUT2D eigenvalue weighted by atomic mass is 10.2. The second kappa shape index (κ2) is 6.77. The molecule has 0 spiro atoms. The molecule has 0 fully saturated rings. The molecule has 0 aliphatic carbocycles. The van der Waals surface area contributed by atoms with Gasteiger partial charge in [-0.1, -0.05) is 54.6 Å². The molecule has 0 saturated heterocycles. The van der Waals surface area contributed by atoms with Crippen LogP contribution in [0.2, 0.25) is 0 Å². The van der Waals surface area contributed by atoms with Gasteiger partial charge in [-0.25, -0.2) is 13.4 Å². The maximum Gasteiger partial charge on any atom is 0.242 e. The average molecular weight is 439 g/mol. The van der Waals surface area contributed by atoms with Gasteiger partial charge in [-0.15, -0.1) is 0 Å². The molecule has 0 saturated carbocycles. The zero-order chi connectivity index (χ0) is 21.9. The molecule has 0 radical (unpaired) electrons. The van der Waals surface area contributed by atoms with Gasteiger partial charge in [0.15, 0.2) is 21.1 Å². The van der Waals surface area contributed by atoms with E-state index in [0.717, 1.165) is 39.0 Å². The molecule has 0 atom stereocenters. The van der Waals surface area contributed by atoms with Gasteiger partial charge in [0.25, 0.3) is 0 Å². The minimum atomic E-state index is -3.67. The van der Waals surface area contributed by atoms with E-state index in [1.54, 1.807) is 6.20 Å². The molecule has 0 amide bonds. The SMILES string of the molecule is CS(=O)(=O)C(=Cn1c2ccccc2c2ccccc21)c1nc2nc3ccccc3cc2o1. The molecule has 3 aromatic heterocycles. The van der Waals surface area contributed by atoms with Gasteiger partial charge < -0.3 is 8.98 Å². The fourth-order valence-corrected chi connectivity index (χ4v) is 4.79. The van der Waals surface area contributed by atoms with Gasteiger partial charge in [-0.05, 0) is 24.3 Å². The van der Waals surface area contributed by atoms with Crippen LogP contribution in [0.3, 0.4) is 0 Å². The number of aromatic nitrogens is 3. The van der Waals surface area contributed by atoms with Crippen molar-refractivity contribution in [1.29, 1.82) is 0 Å². The zero-order valence-electron chi connectivity index (χ0n) is 17.1. The van der Waals surface area contributed by atoms with Gasteiger partial charge in [0, 0.05) is 28.6 Å². The topological polar surface area (TPSA) is 78.0 Å². The summed E-state index contributed by atoms with van der Waals surface area (Å²) >= 11 is 0. The van der Waals surface area contributed by atoms with Gasteiger partial charge >= 0.3 is 0 Å². The Kier molecular flexibility index (Phi) is 3.97. The lowest BCUT2D eigenvalue weighted by molar-refractivity contribution is 0.582. The summed E-state index contributed by atoms with van der Waals surface area (Å²) in [4.78, 5) is 8.95. The normalized spacial score (nSPS) is 13.0. The standard InChI is InChI=1S/C25H17N3O3S/c1-32(29,30)23(25-27-24-22(31-25)14-16-8-2-5-11-19(16)26-24)15-28-20-12-6-3-9-17(20)18-10-4-7-13-21(18)28/h2-15H,1H3. The first kappa shape index (κ1) is 18.8. The molecule has 6 aromatic rings. The maximum atomic E-state index is 12.8. The number of hydrogen-bond donors (Lipinski definition) is 0. The lowest BCUT2D eigenvalue weighted by Crippen LogP contribution is -2.02. The first-order valence-corrected chi connectivity index (χ1v) is 11.9. The van der Waals surface area contributed by atoms with E-state index in [0.29, 0.717) is 11.2 Å². The minimum Gasteiger partial charge on any atom is -0.434 e. The third kappa shape index (κ3) is 2.90. The monoisotopic (exact) mass is 439 g/mol. The maximum absolute atomic E-state index is 12.8. The van der Waals surface area contributed by atoms with Crippen molar-refractivity contribution in [3.05, 3.63) is 84.8 Å². The Hall–Kier alpha value is -3.97. The van der Waals surface area contributed by atoms with Crippen LogP contribution in [0.4, 0.5) is 0 Å². The van der Waals surface area contributed by atoms with Crippen molar-refractivity contribution in [3.63, 3.8) is 0 Å². The molecule has 6 rings (SSSR count). The molecule has 156 valence electrons. The molecule has 3 aromatic carbocycles. The Morgan fingerprint density at radius 3 is 2.19 bits per heavy atom. The van der Waals surface area contributed by atoms with Crippen LogP contribution < -0.4 is 0 Å². The molecule has 0 aliphatic heterocycles. The summed E-state index contributed by atoms with van der Waals surface area (Å²) in [5.74, 6) is 0.0205. The number of oxazole rings is 1. The molecule has 0 bridgehead atoms. The van der Waals surface area contributed by atoms with Crippen molar-refractivity contribution in [3.8, 4) is 0 Å². The van der Waals surface area contributed by atoms with E-state index in [4.69, 9.17) is 4.42 Å². The number of nitrogens with zero attached hydrogens (tertiary/aromatic N) is 3. The number of benzene rings is 3. The fraction of sp³-hybridized carbons (Fsp3) is 0.0400. The number of hydrogen-bond acceptors (Lipinski definition) is 5. The van der Waals surface area contributed by atoms with Gasteiger partial charge in [0.1, 0.15) is 4.91 Å². The highest BCUT2D eigenvalue weighted by Gasteiger charge is 2.23. The van der Waals surface area contributed by atoms with E-state index in [-0.39, 0.29) is 10.8 Å². The van der Waals surface area contributed by atoms with E-state index in [1.807, 2.05) is 83.4 Å². The predicted molar refractivity (Wildman–Crippen MR) is 128 cm³/mol. The second-order valence-electron chi connectivity index (χ2n) is 7.69. The largest absolute Gasteiger partial charge is 0.434 e. The number of rotatable bonds is 3. The van der Waals surface area contributed by atoms with E-state index >= 15 is 0 Å². The van der Waals surface area contributed by atoms with Crippen LogP contribution in [0.1, 0.15) is 5.89 Å². The molecule has 0 unspecified atom stereocenters. The van der Waals surface area contributed by atoms with Crippen LogP contribution in [0.5, 0.6) is 0 Å². The third-order valence-corrected chi connectivity index (χ3v) is 6.64. The highest BCUT2D eigenvalue weighted by Crippen LogP contribution is 2.32. The first-order valence-electron chi connectivity index (χ1n) is 10.1. The van der Waals surface area contributed by atoms with Gasteiger partial charge in [-0.3, -0.25) is 0 Å². The quantitative estimate of drug-likeness (QED) is 0.365. The Labute approximate surface area is 183 Å². The van der Waals surface area contributed by atoms with Crippen LogP contribution in [-0.4, -0.2) is 29.2 Å². The van der Waals surface area contributed by atoms with Gasteiger partial charge in [-0.2, -0.15) is 4.98 Å². The van der Waals surface area contributed by atoms with Crippen molar-refractivity contribution in [2.75, 3.05) is 6.26 Å². The number of fused-ring (bicyclic) bond motifs is 5. The average Bonchev–Trinajstić information content (AvgIpc) is 3.33. The van der Waals surface area contributed by atoms with Crippen molar-refractivity contribution in [1.82, 2.24) is 14.5 Å². The van der Waals surface area contributed by atoms with Crippen molar-refractivity contribution >= 4 is 64.9 Å². The predicted octanol–water partition coefficient (Wildman–Crippen LogP) is 5.48. The smallest absolute Gasteiger partial charge is 0.242 e. The third-order valence-electron chi connectivity index (χ3n) is 5.56. The minimum absolute atomic E-state index is 0.00828. The Bertz CT molecular complexity index is 1700. The summed E-state index contributed by atoms with van der Waals surface area (Å²) < 4.78 is 33.5. The summed E-state index contributed by atoms with van der Waals surface area (Å²) in [6.07, 6.45) is 2.75. The second-order valence-corrected chi connectivity index (χ2v) is 9.68.